The molecule has 0 aliphatic heterocycles. The van der Waals surface area contributed by atoms with Crippen LogP contribution in [-0.2, 0) is 0 Å². The second-order valence-electron chi connectivity index (χ2n) is 5.40. The van der Waals surface area contributed by atoms with Gasteiger partial charge in [-0.25, -0.2) is 0 Å². The van der Waals surface area contributed by atoms with Crippen molar-refractivity contribution < 1.29 is 0 Å². The minimum atomic E-state index is 0.798. The predicted molar refractivity (Wildman–Crippen MR) is 66.9 cm³/mol. The Morgan fingerprint density at radius 3 is 2.13 bits per heavy atom. The Hall–Kier alpha value is -0.0800. The van der Waals surface area contributed by atoms with Crippen molar-refractivity contribution in [3.8, 4) is 0 Å². The van der Waals surface area contributed by atoms with E-state index in [9.17, 15) is 0 Å². The summed E-state index contributed by atoms with van der Waals surface area (Å²) >= 11 is 0. The summed E-state index contributed by atoms with van der Waals surface area (Å²) in [5, 5.41) is 0. The molecule has 0 aromatic carbocycles. The normalized spacial score (nSPS) is 32.2. The number of hydrogen-bond donors (Lipinski definition) is 1. The Kier molecular flexibility index (Phi) is 5.62. The lowest BCUT2D eigenvalue weighted by atomic mass is 9.80. The molecule has 0 amide bonds. The first-order valence-electron chi connectivity index (χ1n) is 6.61. The van der Waals surface area contributed by atoms with E-state index in [1.807, 2.05) is 0 Å². The molecule has 0 heterocycles. The topological polar surface area (TPSA) is 29.3 Å². The Balaban J connectivity index is 2.49. The van der Waals surface area contributed by atoms with Crippen molar-refractivity contribution in [2.24, 2.45) is 17.6 Å². The van der Waals surface area contributed by atoms with Crippen LogP contribution in [0, 0.1) is 11.8 Å². The van der Waals surface area contributed by atoms with Gasteiger partial charge in [-0.15, -0.1) is 0 Å². The van der Waals surface area contributed by atoms with Gasteiger partial charge in [0.15, 0.2) is 0 Å². The maximum absolute atomic E-state index is 5.69. The highest BCUT2D eigenvalue weighted by Crippen LogP contribution is 2.31. The van der Waals surface area contributed by atoms with E-state index in [0.717, 1.165) is 31.0 Å². The van der Waals surface area contributed by atoms with Crippen molar-refractivity contribution in [3.05, 3.63) is 0 Å². The SMILES string of the molecule is CCCN(CCN)C1CC(C)CC(C)C1. The molecule has 0 spiro atoms. The molecule has 1 aliphatic carbocycles. The molecular weight excluding hydrogens is 184 g/mol. The minimum absolute atomic E-state index is 0.798. The molecular formula is C13H28N2. The van der Waals surface area contributed by atoms with Crippen LogP contribution in [0.4, 0.5) is 0 Å². The molecule has 0 aromatic heterocycles. The van der Waals surface area contributed by atoms with Crippen LogP contribution in [0.3, 0.4) is 0 Å². The third-order valence-electron chi connectivity index (χ3n) is 3.60. The largest absolute Gasteiger partial charge is 0.329 e. The average Bonchev–Trinajstić information content (AvgIpc) is 2.16. The van der Waals surface area contributed by atoms with E-state index < -0.39 is 0 Å². The first-order valence-corrected chi connectivity index (χ1v) is 6.61. The van der Waals surface area contributed by atoms with Crippen LogP contribution >= 0.6 is 0 Å². The second kappa shape index (κ2) is 6.49. The molecule has 1 rings (SSSR count). The molecule has 0 bridgehead atoms. The molecule has 90 valence electrons. The zero-order valence-corrected chi connectivity index (χ0v) is 10.7. The molecule has 2 atom stereocenters. The van der Waals surface area contributed by atoms with Crippen LogP contribution in [-0.4, -0.2) is 30.6 Å². The van der Waals surface area contributed by atoms with Crippen molar-refractivity contribution >= 4 is 0 Å². The summed E-state index contributed by atoms with van der Waals surface area (Å²) in [6.45, 7) is 10.2. The van der Waals surface area contributed by atoms with E-state index in [1.165, 1.54) is 32.2 Å². The lowest BCUT2D eigenvalue weighted by Gasteiger charge is -2.39. The van der Waals surface area contributed by atoms with Gasteiger partial charge in [0.2, 0.25) is 0 Å². The molecule has 2 nitrogen and oxygen atoms in total. The molecule has 1 aliphatic rings. The van der Waals surface area contributed by atoms with Crippen LogP contribution in [0.5, 0.6) is 0 Å². The molecule has 0 aromatic rings. The first-order chi connectivity index (χ1) is 7.17. The summed E-state index contributed by atoms with van der Waals surface area (Å²) in [6.07, 6.45) is 5.42. The second-order valence-corrected chi connectivity index (χ2v) is 5.40. The maximum atomic E-state index is 5.69. The Morgan fingerprint density at radius 2 is 1.67 bits per heavy atom. The highest BCUT2D eigenvalue weighted by atomic mass is 15.2. The van der Waals surface area contributed by atoms with Gasteiger partial charge in [0, 0.05) is 19.1 Å². The highest BCUT2D eigenvalue weighted by Gasteiger charge is 2.27. The van der Waals surface area contributed by atoms with Gasteiger partial charge in [0.1, 0.15) is 0 Å². The zero-order chi connectivity index (χ0) is 11.3. The summed E-state index contributed by atoms with van der Waals surface area (Å²) in [5.41, 5.74) is 5.69. The maximum Gasteiger partial charge on any atom is 0.0108 e. The molecule has 15 heavy (non-hydrogen) atoms. The van der Waals surface area contributed by atoms with E-state index in [1.54, 1.807) is 0 Å². The van der Waals surface area contributed by atoms with Crippen LogP contribution in [0.25, 0.3) is 0 Å². The van der Waals surface area contributed by atoms with Crippen LogP contribution < -0.4 is 5.73 Å². The Labute approximate surface area is 95.2 Å². The van der Waals surface area contributed by atoms with Gasteiger partial charge in [-0.05, 0) is 44.1 Å². The van der Waals surface area contributed by atoms with Crippen molar-refractivity contribution in [2.75, 3.05) is 19.6 Å². The molecule has 2 N–H and O–H groups in total. The minimum Gasteiger partial charge on any atom is -0.329 e. The average molecular weight is 212 g/mol. The molecule has 1 fully saturated rings. The predicted octanol–water partition coefficient (Wildman–Crippen LogP) is 2.48. The molecule has 0 radical (unpaired) electrons. The van der Waals surface area contributed by atoms with E-state index in [4.69, 9.17) is 5.73 Å². The van der Waals surface area contributed by atoms with Gasteiger partial charge < -0.3 is 5.73 Å². The van der Waals surface area contributed by atoms with Crippen LogP contribution in [0.2, 0.25) is 0 Å². The van der Waals surface area contributed by atoms with Crippen molar-refractivity contribution in [1.29, 1.82) is 0 Å². The van der Waals surface area contributed by atoms with Gasteiger partial charge >= 0.3 is 0 Å². The third-order valence-corrected chi connectivity index (χ3v) is 3.60. The van der Waals surface area contributed by atoms with Gasteiger partial charge in [-0.3, -0.25) is 4.90 Å². The first kappa shape index (κ1) is 13.0. The number of nitrogens with zero attached hydrogens (tertiary/aromatic N) is 1. The van der Waals surface area contributed by atoms with Gasteiger partial charge in [-0.1, -0.05) is 20.8 Å². The number of nitrogens with two attached hydrogens (primary N) is 1. The van der Waals surface area contributed by atoms with Gasteiger partial charge in [-0.2, -0.15) is 0 Å². The fourth-order valence-electron chi connectivity index (χ4n) is 3.13. The molecule has 2 unspecified atom stereocenters. The zero-order valence-electron chi connectivity index (χ0n) is 10.7. The third kappa shape index (κ3) is 4.12. The highest BCUT2D eigenvalue weighted by molar-refractivity contribution is 4.82. The molecule has 0 saturated heterocycles. The van der Waals surface area contributed by atoms with Crippen LogP contribution in [0.1, 0.15) is 46.5 Å². The monoisotopic (exact) mass is 212 g/mol. The molecule has 2 heteroatoms. The summed E-state index contributed by atoms with van der Waals surface area (Å²) in [7, 11) is 0. The lowest BCUT2D eigenvalue weighted by molar-refractivity contribution is 0.112. The van der Waals surface area contributed by atoms with E-state index in [2.05, 4.69) is 25.7 Å². The lowest BCUT2D eigenvalue weighted by Crippen LogP contribution is -2.43. The number of hydrogen-bond acceptors (Lipinski definition) is 2. The quantitative estimate of drug-likeness (QED) is 0.758. The Bertz CT molecular complexity index is 154. The van der Waals surface area contributed by atoms with Crippen molar-refractivity contribution in [2.45, 2.75) is 52.5 Å². The summed E-state index contributed by atoms with van der Waals surface area (Å²) < 4.78 is 0. The standard InChI is InChI=1S/C13H28N2/c1-4-6-15(7-5-14)13-9-11(2)8-12(3)10-13/h11-13H,4-10,14H2,1-3H3. The van der Waals surface area contributed by atoms with Crippen LogP contribution in [0.15, 0.2) is 0 Å². The van der Waals surface area contributed by atoms with E-state index in [0.29, 0.717) is 0 Å². The Morgan fingerprint density at radius 1 is 1.07 bits per heavy atom. The number of rotatable bonds is 5. The van der Waals surface area contributed by atoms with Gasteiger partial charge in [0.25, 0.3) is 0 Å². The fourth-order valence-corrected chi connectivity index (χ4v) is 3.13. The fraction of sp³-hybridized carbons (Fsp3) is 1.00. The summed E-state index contributed by atoms with van der Waals surface area (Å²) in [4.78, 5) is 2.62. The van der Waals surface area contributed by atoms with Crippen molar-refractivity contribution in [3.63, 3.8) is 0 Å². The smallest absolute Gasteiger partial charge is 0.0108 e. The van der Waals surface area contributed by atoms with Crippen molar-refractivity contribution in [1.82, 2.24) is 4.90 Å². The summed E-state index contributed by atoms with van der Waals surface area (Å²) in [6, 6.07) is 0.798. The van der Waals surface area contributed by atoms with E-state index >= 15 is 0 Å². The van der Waals surface area contributed by atoms with Gasteiger partial charge in [0.05, 0.1) is 0 Å². The summed E-state index contributed by atoms with van der Waals surface area (Å²) in [5.74, 6) is 1.80. The molecule has 1 saturated carbocycles. The van der Waals surface area contributed by atoms with E-state index in [-0.39, 0.29) is 0 Å².